The monoisotopic (exact) mass is 681 g/mol. The highest BCUT2D eigenvalue weighted by molar-refractivity contribution is 6.64. The number of hydrogen-bond donors (Lipinski definition) is 3. The molecule has 2 fully saturated rings. The summed E-state index contributed by atoms with van der Waals surface area (Å²) >= 11 is 0. The summed E-state index contributed by atoms with van der Waals surface area (Å²) in [4.78, 5) is 34.1. The zero-order chi connectivity index (χ0) is 34.9. The molecule has 3 aliphatic heterocycles. The number of carbonyl (C=O) groups excluding carboxylic acids is 2. The van der Waals surface area contributed by atoms with Crippen molar-refractivity contribution < 1.29 is 18.9 Å². The normalized spacial score (nSPS) is 16.6. The van der Waals surface area contributed by atoms with Crippen LogP contribution in [0, 0.1) is 0 Å². The van der Waals surface area contributed by atoms with Crippen molar-refractivity contribution in [2.75, 3.05) is 26.2 Å². The van der Waals surface area contributed by atoms with Crippen molar-refractivity contribution >= 4 is 35.3 Å². The van der Waals surface area contributed by atoms with E-state index in [0.29, 0.717) is 48.5 Å². The Morgan fingerprint density at radius 1 is 0.686 bits per heavy atom. The van der Waals surface area contributed by atoms with E-state index < -0.39 is 7.12 Å². The molecule has 0 unspecified atom stereocenters. The Hall–Kier alpha value is -5.06. The summed E-state index contributed by atoms with van der Waals surface area (Å²) in [5.74, 6) is 2.32. The highest BCUT2D eigenvalue weighted by Crippen LogP contribution is 2.35. The van der Waals surface area contributed by atoms with Crippen molar-refractivity contribution in [3.05, 3.63) is 125 Å². The van der Waals surface area contributed by atoms with Gasteiger partial charge in [0.2, 0.25) is 5.91 Å². The van der Waals surface area contributed by atoms with Gasteiger partial charge in [-0.3, -0.25) is 9.59 Å². The largest absolute Gasteiger partial charge is 0.632 e. The van der Waals surface area contributed by atoms with Crippen LogP contribution in [0.2, 0.25) is 0 Å². The number of likely N-dealkylation sites (tertiary alicyclic amines) is 2. The van der Waals surface area contributed by atoms with Gasteiger partial charge in [0.1, 0.15) is 17.2 Å². The molecule has 5 aromatic rings. The van der Waals surface area contributed by atoms with E-state index in [4.69, 9.17) is 20.8 Å². The molecule has 0 aliphatic carbocycles. The van der Waals surface area contributed by atoms with Crippen LogP contribution in [0.15, 0.2) is 91.0 Å². The molecule has 1 aromatic heterocycles. The molecule has 0 radical (unpaired) electrons. The number of benzene rings is 4. The Morgan fingerprint density at radius 3 is 1.96 bits per heavy atom. The van der Waals surface area contributed by atoms with Gasteiger partial charge < -0.3 is 35.6 Å². The van der Waals surface area contributed by atoms with Gasteiger partial charge in [-0.2, -0.15) is 0 Å². The highest BCUT2D eigenvalue weighted by atomic mass is 16.6. The summed E-state index contributed by atoms with van der Waals surface area (Å²) in [7, 11) is -0.619. The van der Waals surface area contributed by atoms with E-state index >= 15 is 0 Å². The number of nitrogens with two attached hydrogens (primary N) is 2. The van der Waals surface area contributed by atoms with E-state index in [1.807, 2.05) is 52.3 Å². The number of nitrogens with one attached hydrogen (secondary N) is 1. The van der Waals surface area contributed by atoms with Gasteiger partial charge in [-0.25, -0.2) is 0 Å². The zero-order valence-electron chi connectivity index (χ0n) is 28.9. The summed E-state index contributed by atoms with van der Waals surface area (Å²) in [6.45, 7) is 4.02. The number of hydrogen-bond acceptors (Lipinski definition) is 6. The third kappa shape index (κ3) is 6.98. The van der Waals surface area contributed by atoms with Crippen molar-refractivity contribution in [2.24, 2.45) is 11.5 Å². The molecule has 2 amide bonds. The lowest BCUT2D eigenvalue weighted by atomic mass is 9.79. The molecule has 10 heteroatoms. The molecule has 0 bridgehead atoms. The first kappa shape index (κ1) is 33.1. The molecule has 3 aliphatic rings. The molecule has 0 atom stereocenters. The maximum Gasteiger partial charge on any atom is 0.632 e. The minimum atomic E-state index is -0.619. The molecule has 260 valence electrons. The molecule has 9 nitrogen and oxygen atoms in total. The number of nitrogens with zero attached hydrogens (tertiary/aromatic N) is 2. The van der Waals surface area contributed by atoms with E-state index in [2.05, 4.69) is 53.5 Å². The maximum atomic E-state index is 13.5. The van der Waals surface area contributed by atoms with Gasteiger partial charge in [-0.1, -0.05) is 66.7 Å². The van der Waals surface area contributed by atoms with Crippen LogP contribution in [0.25, 0.3) is 10.9 Å². The van der Waals surface area contributed by atoms with Crippen molar-refractivity contribution in [1.29, 1.82) is 0 Å². The first-order valence-electron chi connectivity index (χ1n) is 18.2. The summed E-state index contributed by atoms with van der Waals surface area (Å²) in [6.07, 6.45) is 4.09. The number of fused-ring (bicyclic) bond motifs is 2. The van der Waals surface area contributed by atoms with Crippen LogP contribution in [-0.2, 0) is 24.3 Å². The van der Waals surface area contributed by atoms with E-state index in [0.717, 1.165) is 84.9 Å². The van der Waals surface area contributed by atoms with Crippen LogP contribution in [0.1, 0.15) is 75.8 Å². The Labute approximate surface area is 299 Å². The lowest BCUT2D eigenvalue weighted by Gasteiger charge is -2.32. The van der Waals surface area contributed by atoms with Crippen LogP contribution in [-0.4, -0.2) is 59.9 Å². The highest BCUT2D eigenvalue weighted by Gasteiger charge is 2.35. The Bertz CT molecular complexity index is 2060. The third-order valence-corrected chi connectivity index (χ3v) is 10.9. The minimum absolute atomic E-state index is 0.0198. The second-order valence-corrected chi connectivity index (χ2v) is 14.2. The average Bonchev–Trinajstić information content (AvgIpc) is 3.82. The molecule has 51 heavy (non-hydrogen) atoms. The third-order valence-electron chi connectivity index (χ3n) is 10.9. The Kier molecular flexibility index (Phi) is 9.27. The second kappa shape index (κ2) is 14.3. The van der Waals surface area contributed by atoms with Crippen molar-refractivity contribution in [2.45, 2.75) is 57.0 Å². The van der Waals surface area contributed by atoms with Crippen LogP contribution in [0.4, 0.5) is 0 Å². The summed E-state index contributed by atoms with van der Waals surface area (Å²) < 4.78 is 12.4. The molecular weight excluding hydrogens is 637 g/mol. The standard InChI is InChI=1S/C41H44BN5O4/c43-25-28-3-1-5-32(19-28)30-11-15-46(16-12-30)40(48)22-27-7-10-38-39(21-27)51-42(50-38)35-9-8-34-23-37(45-36(34)24-35)41(49)47-17-13-31(14-18-47)33-6-2-4-29(20-33)26-44/h1-10,19-21,23-24,30-31,45H,11-18,22,25-26,43-44H2. The smallest absolute Gasteiger partial charge is 0.519 e. The van der Waals surface area contributed by atoms with Crippen LogP contribution >= 0.6 is 0 Å². The number of aromatic amines is 1. The predicted molar refractivity (Wildman–Crippen MR) is 200 cm³/mol. The van der Waals surface area contributed by atoms with Crippen LogP contribution in [0.3, 0.4) is 0 Å². The average molecular weight is 682 g/mol. The number of aromatic nitrogens is 1. The van der Waals surface area contributed by atoms with Gasteiger partial charge in [-0.15, -0.1) is 0 Å². The van der Waals surface area contributed by atoms with Gasteiger partial charge in [0.15, 0.2) is 0 Å². The fraction of sp³-hybridized carbons (Fsp3) is 0.317. The number of amides is 2. The molecule has 4 aromatic carbocycles. The number of carbonyl (C=O) groups is 2. The lowest BCUT2D eigenvalue weighted by Crippen LogP contribution is -2.39. The minimum Gasteiger partial charge on any atom is -0.519 e. The van der Waals surface area contributed by atoms with Crippen molar-refractivity contribution in [3.8, 4) is 11.5 Å². The molecule has 8 rings (SSSR count). The number of H-pyrrole nitrogens is 1. The molecule has 5 N–H and O–H groups in total. The van der Waals surface area contributed by atoms with Crippen molar-refractivity contribution in [3.63, 3.8) is 0 Å². The van der Waals surface area contributed by atoms with Gasteiger partial charge in [0.05, 0.1) is 6.42 Å². The van der Waals surface area contributed by atoms with E-state index in [1.165, 1.54) is 11.1 Å². The number of rotatable bonds is 8. The summed E-state index contributed by atoms with van der Waals surface area (Å²) in [6, 6.07) is 30.6. The fourth-order valence-electron chi connectivity index (χ4n) is 7.93. The predicted octanol–water partition coefficient (Wildman–Crippen LogP) is 5.22. The van der Waals surface area contributed by atoms with Gasteiger partial charge in [0, 0.05) is 55.6 Å². The molecule has 4 heterocycles. The van der Waals surface area contributed by atoms with Gasteiger partial charge in [0.25, 0.3) is 5.91 Å². The zero-order valence-corrected chi connectivity index (χ0v) is 28.9. The lowest BCUT2D eigenvalue weighted by molar-refractivity contribution is -0.131. The molecule has 0 saturated carbocycles. The summed E-state index contributed by atoms with van der Waals surface area (Å²) in [5.41, 5.74) is 19.8. The molecule has 2 saturated heterocycles. The topological polar surface area (TPSA) is 127 Å². The van der Waals surface area contributed by atoms with Crippen molar-refractivity contribution in [1.82, 2.24) is 14.8 Å². The maximum absolute atomic E-state index is 13.5. The van der Waals surface area contributed by atoms with Crippen LogP contribution in [0.5, 0.6) is 11.5 Å². The Morgan fingerprint density at radius 2 is 1.31 bits per heavy atom. The number of piperidine rings is 2. The summed E-state index contributed by atoms with van der Waals surface area (Å²) in [5, 5.41) is 0.958. The van der Waals surface area contributed by atoms with E-state index in [1.54, 1.807) is 0 Å². The molecule has 0 spiro atoms. The second-order valence-electron chi connectivity index (χ2n) is 14.2. The molecular formula is C41H44BN5O4. The van der Waals surface area contributed by atoms with E-state index in [9.17, 15) is 9.59 Å². The van der Waals surface area contributed by atoms with E-state index in [-0.39, 0.29) is 11.8 Å². The van der Waals surface area contributed by atoms with Crippen LogP contribution < -0.4 is 26.2 Å². The van der Waals surface area contributed by atoms with Gasteiger partial charge >= 0.3 is 7.12 Å². The van der Waals surface area contributed by atoms with Gasteiger partial charge in [-0.05, 0) is 89.6 Å². The Balaban J connectivity index is 0.864. The SMILES string of the molecule is NCc1cccc(C2CCN(C(=O)Cc3ccc4c(c3)OB(c3ccc5cc(C(=O)N6CCC(c7cccc(CN)c7)CC6)[nH]c5c3)O4)CC2)c1. The first-order chi connectivity index (χ1) is 24.9. The quantitative estimate of drug-likeness (QED) is 0.193. The first-order valence-corrected chi connectivity index (χ1v) is 18.2. The fourth-order valence-corrected chi connectivity index (χ4v) is 7.93.